The summed E-state index contributed by atoms with van der Waals surface area (Å²) in [5.74, 6) is 1.77. The zero-order chi connectivity index (χ0) is 10.7. The summed E-state index contributed by atoms with van der Waals surface area (Å²) in [6.07, 6.45) is 7.01. The molecule has 0 radical (unpaired) electrons. The molecule has 0 amide bonds. The molecule has 0 aromatic carbocycles. The average Bonchev–Trinajstić information content (AvgIpc) is 2.22. The van der Waals surface area contributed by atoms with Crippen LogP contribution in [0.5, 0.6) is 0 Å². The maximum atomic E-state index is 11.2. The molecule has 0 aromatic heterocycles. The van der Waals surface area contributed by atoms with Crippen molar-refractivity contribution in [2.24, 2.45) is 5.73 Å². The van der Waals surface area contributed by atoms with Gasteiger partial charge in [0.15, 0.2) is 0 Å². The third-order valence-electron chi connectivity index (χ3n) is 3.57. The molecule has 0 aromatic rings. The summed E-state index contributed by atoms with van der Waals surface area (Å²) in [5.41, 5.74) is 5.96. The van der Waals surface area contributed by atoms with Crippen molar-refractivity contribution >= 4 is 10.8 Å². The largest absolute Gasteiger partial charge is 0.328 e. The number of hydrogen-bond acceptors (Lipinski definition) is 3. The van der Waals surface area contributed by atoms with E-state index in [4.69, 9.17) is 5.73 Å². The molecular formula is C11H22N2OS. The Balaban J connectivity index is 1.74. The second-order valence-corrected chi connectivity index (χ2v) is 6.61. The van der Waals surface area contributed by atoms with Gasteiger partial charge in [0.1, 0.15) is 0 Å². The SMILES string of the molecule is NC1CCCC(NC2CCS(=O)CC2)C1. The summed E-state index contributed by atoms with van der Waals surface area (Å²) in [4.78, 5) is 0. The Bertz CT molecular complexity index is 225. The maximum absolute atomic E-state index is 11.2. The van der Waals surface area contributed by atoms with Gasteiger partial charge in [-0.25, -0.2) is 0 Å². The van der Waals surface area contributed by atoms with Crippen molar-refractivity contribution in [1.82, 2.24) is 5.32 Å². The molecule has 88 valence electrons. The molecule has 0 spiro atoms. The minimum absolute atomic E-state index is 0.397. The topological polar surface area (TPSA) is 55.1 Å². The first-order valence-electron chi connectivity index (χ1n) is 6.10. The van der Waals surface area contributed by atoms with Crippen LogP contribution in [0.15, 0.2) is 0 Å². The Morgan fingerprint density at radius 1 is 1.07 bits per heavy atom. The molecule has 1 aliphatic heterocycles. The third-order valence-corrected chi connectivity index (χ3v) is 4.96. The molecule has 2 fully saturated rings. The van der Waals surface area contributed by atoms with Crippen LogP contribution in [0.25, 0.3) is 0 Å². The Hall–Kier alpha value is 0.0700. The normalized spacial score (nSPS) is 42.7. The van der Waals surface area contributed by atoms with E-state index in [-0.39, 0.29) is 0 Å². The van der Waals surface area contributed by atoms with Crippen LogP contribution in [-0.4, -0.2) is 33.8 Å². The van der Waals surface area contributed by atoms with Gasteiger partial charge in [0.25, 0.3) is 0 Å². The fourth-order valence-corrected chi connectivity index (χ4v) is 3.97. The van der Waals surface area contributed by atoms with Crippen LogP contribution in [-0.2, 0) is 10.8 Å². The molecule has 3 N–H and O–H groups in total. The number of nitrogens with one attached hydrogen (secondary N) is 1. The smallest absolute Gasteiger partial charge is 0.0249 e. The first kappa shape index (κ1) is 11.6. The van der Waals surface area contributed by atoms with Crippen LogP contribution >= 0.6 is 0 Å². The Labute approximate surface area is 94.6 Å². The van der Waals surface area contributed by atoms with Crippen molar-refractivity contribution in [3.8, 4) is 0 Å². The third kappa shape index (κ3) is 3.54. The summed E-state index contributed by atoms with van der Waals surface area (Å²) in [7, 11) is -0.539. The number of nitrogens with two attached hydrogens (primary N) is 1. The van der Waals surface area contributed by atoms with E-state index in [0.717, 1.165) is 30.8 Å². The van der Waals surface area contributed by atoms with Crippen molar-refractivity contribution in [3.63, 3.8) is 0 Å². The first-order valence-corrected chi connectivity index (χ1v) is 7.59. The molecule has 1 saturated carbocycles. The fraction of sp³-hybridized carbons (Fsp3) is 1.00. The van der Waals surface area contributed by atoms with Crippen LogP contribution in [0.1, 0.15) is 38.5 Å². The minimum atomic E-state index is -0.539. The second-order valence-electron chi connectivity index (χ2n) is 4.91. The molecule has 4 heteroatoms. The highest BCUT2D eigenvalue weighted by Crippen LogP contribution is 2.19. The van der Waals surface area contributed by atoms with Crippen molar-refractivity contribution in [2.45, 2.75) is 56.7 Å². The van der Waals surface area contributed by atoms with Gasteiger partial charge in [-0.1, -0.05) is 6.42 Å². The molecule has 1 saturated heterocycles. The van der Waals surface area contributed by atoms with Crippen LogP contribution in [0.4, 0.5) is 0 Å². The summed E-state index contributed by atoms with van der Waals surface area (Å²) in [6, 6.07) is 1.61. The lowest BCUT2D eigenvalue weighted by molar-refractivity contribution is 0.302. The lowest BCUT2D eigenvalue weighted by Crippen LogP contribution is -2.46. The van der Waals surface area contributed by atoms with Gasteiger partial charge in [-0.05, 0) is 32.1 Å². The van der Waals surface area contributed by atoms with Crippen LogP contribution < -0.4 is 11.1 Å². The number of hydrogen-bond donors (Lipinski definition) is 2. The molecule has 2 rings (SSSR count). The molecule has 1 aliphatic carbocycles. The van der Waals surface area contributed by atoms with Gasteiger partial charge in [0, 0.05) is 40.4 Å². The highest BCUT2D eigenvalue weighted by atomic mass is 32.2. The van der Waals surface area contributed by atoms with Crippen LogP contribution in [0, 0.1) is 0 Å². The van der Waals surface area contributed by atoms with Crippen molar-refractivity contribution in [3.05, 3.63) is 0 Å². The van der Waals surface area contributed by atoms with Gasteiger partial charge in [-0.3, -0.25) is 4.21 Å². The second kappa shape index (κ2) is 5.41. The highest BCUT2D eigenvalue weighted by molar-refractivity contribution is 7.85. The monoisotopic (exact) mass is 230 g/mol. The van der Waals surface area contributed by atoms with E-state index in [1.165, 1.54) is 19.3 Å². The fourth-order valence-electron chi connectivity index (χ4n) is 2.67. The molecule has 15 heavy (non-hydrogen) atoms. The van der Waals surface area contributed by atoms with Crippen molar-refractivity contribution in [1.29, 1.82) is 0 Å². The van der Waals surface area contributed by atoms with Crippen molar-refractivity contribution in [2.75, 3.05) is 11.5 Å². The van der Waals surface area contributed by atoms with E-state index in [2.05, 4.69) is 5.32 Å². The van der Waals surface area contributed by atoms with Gasteiger partial charge in [0.2, 0.25) is 0 Å². The molecule has 1 heterocycles. The van der Waals surface area contributed by atoms with E-state index < -0.39 is 10.8 Å². The zero-order valence-corrected chi connectivity index (χ0v) is 10.1. The Morgan fingerprint density at radius 3 is 2.47 bits per heavy atom. The maximum Gasteiger partial charge on any atom is 0.0249 e. The average molecular weight is 230 g/mol. The van der Waals surface area contributed by atoms with Crippen LogP contribution in [0.3, 0.4) is 0 Å². The predicted octanol–water partition coefficient (Wildman–Crippen LogP) is 0.757. The zero-order valence-electron chi connectivity index (χ0n) is 9.28. The van der Waals surface area contributed by atoms with E-state index in [9.17, 15) is 4.21 Å². The molecule has 0 bridgehead atoms. The lowest BCUT2D eigenvalue weighted by atomic mass is 9.91. The first-order chi connectivity index (χ1) is 7.24. The molecule has 2 unspecified atom stereocenters. The summed E-state index contributed by atoms with van der Waals surface area (Å²) in [6.45, 7) is 0. The Morgan fingerprint density at radius 2 is 1.80 bits per heavy atom. The number of rotatable bonds is 2. The summed E-state index contributed by atoms with van der Waals surface area (Å²) >= 11 is 0. The van der Waals surface area contributed by atoms with Gasteiger partial charge in [-0.2, -0.15) is 0 Å². The standard InChI is InChI=1S/C11H22N2OS/c12-9-2-1-3-11(8-9)13-10-4-6-15(14)7-5-10/h9-11,13H,1-8,12H2. The Kier molecular flexibility index (Phi) is 4.17. The molecular weight excluding hydrogens is 208 g/mol. The van der Waals surface area contributed by atoms with E-state index in [1.54, 1.807) is 0 Å². The molecule has 3 nitrogen and oxygen atoms in total. The van der Waals surface area contributed by atoms with E-state index in [1.807, 2.05) is 0 Å². The summed E-state index contributed by atoms with van der Waals surface area (Å²) in [5, 5.41) is 3.69. The van der Waals surface area contributed by atoms with E-state index >= 15 is 0 Å². The lowest BCUT2D eigenvalue weighted by Gasteiger charge is -2.32. The highest BCUT2D eigenvalue weighted by Gasteiger charge is 2.24. The summed E-state index contributed by atoms with van der Waals surface area (Å²) < 4.78 is 11.2. The van der Waals surface area contributed by atoms with Crippen LogP contribution in [0.2, 0.25) is 0 Å². The van der Waals surface area contributed by atoms with Gasteiger partial charge < -0.3 is 11.1 Å². The minimum Gasteiger partial charge on any atom is -0.328 e. The van der Waals surface area contributed by atoms with E-state index in [0.29, 0.717) is 18.1 Å². The predicted molar refractivity (Wildman–Crippen MR) is 64.3 cm³/mol. The van der Waals surface area contributed by atoms with Gasteiger partial charge >= 0.3 is 0 Å². The van der Waals surface area contributed by atoms with Gasteiger partial charge in [-0.15, -0.1) is 0 Å². The molecule has 2 aliphatic rings. The molecule has 2 atom stereocenters. The quantitative estimate of drug-likeness (QED) is 0.736. The van der Waals surface area contributed by atoms with Gasteiger partial charge in [0.05, 0.1) is 0 Å². The van der Waals surface area contributed by atoms with Crippen molar-refractivity contribution < 1.29 is 4.21 Å².